The van der Waals surface area contributed by atoms with E-state index >= 15 is 0 Å². The molecule has 0 fully saturated rings. The third-order valence-electron chi connectivity index (χ3n) is 2.79. The van der Waals surface area contributed by atoms with Crippen molar-refractivity contribution in [3.05, 3.63) is 58.1 Å². The molecule has 0 aromatic heterocycles. The predicted molar refractivity (Wildman–Crippen MR) is 85.0 cm³/mol. The third kappa shape index (κ3) is 4.41. The zero-order valence-electron chi connectivity index (χ0n) is 11.3. The van der Waals surface area contributed by atoms with Crippen molar-refractivity contribution >= 4 is 23.2 Å². The fraction of sp³-hybridized carbons (Fsp3) is 0.250. The molecule has 2 rings (SSSR count). The molecule has 0 atom stereocenters. The molecule has 0 aliphatic heterocycles. The van der Waals surface area contributed by atoms with Gasteiger partial charge in [0.2, 0.25) is 0 Å². The molecular formula is C16H17Cl2NO. The number of rotatable bonds is 6. The van der Waals surface area contributed by atoms with Gasteiger partial charge in [0.1, 0.15) is 11.5 Å². The van der Waals surface area contributed by atoms with E-state index in [1.807, 2.05) is 30.3 Å². The third-order valence-corrected chi connectivity index (χ3v) is 3.34. The number of hydrogen-bond acceptors (Lipinski definition) is 2. The fourth-order valence-electron chi connectivity index (χ4n) is 1.78. The van der Waals surface area contributed by atoms with E-state index < -0.39 is 0 Å². The fourth-order valence-corrected chi connectivity index (χ4v) is 2.14. The highest BCUT2D eigenvalue weighted by Gasteiger charge is 2.04. The van der Waals surface area contributed by atoms with E-state index in [2.05, 4.69) is 12.2 Å². The lowest BCUT2D eigenvalue weighted by Crippen LogP contribution is -2.13. The van der Waals surface area contributed by atoms with E-state index in [0.29, 0.717) is 21.5 Å². The lowest BCUT2D eigenvalue weighted by molar-refractivity contribution is 0.482. The summed E-state index contributed by atoms with van der Waals surface area (Å²) >= 11 is 12.1. The highest BCUT2D eigenvalue weighted by molar-refractivity contribution is 6.32. The van der Waals surface area contributed by atoms with Crippen LogP contribution in [-0.4, -0.2) is 6.54 Å². The Balaban J connectivity index is 2.03. The molecule has 0 bridgehead atoms. The van der Waals surface area contributed by atoms with Gasteiger partial charge < -0.3 is 10.1 Å². The first-order valence-corrected chi connectivity index (χ1v) is 7.37. The topological polar surface area (TPSA) is 21.3 Å². The Morgan fingerprint density at radius 2 is 1.80 bits per heavy atom. The summed E-state index contributed by atoms with van der Waals surface area (Å²) in [5.74, 6) is 1.36. The summed E-state index contributed by atoms with van der Waals surface area (Å²) in [5, 5.41) is 4.63. The van der Waals surface area contributed by atoms with Crippen molar-refractivity contribution in [2.24, 2.45) is 0 Å². The summed E-state index contributed by atoms with van der Waals surface area (Å²) in [6.07, 6.45) is 1.12. The molecule has 0 unspecified atom stereocenters. The van der Waals surface area contributed by atoms with E-state index in [9.17, 15) is 0 Å². The smallest absolute Gasteiger partial charge is 0.146 e. The molecule has 1 N–H and O–H groups in total. The molecule has 2 aromatic rings. The zero-order valence-corrected chi connectivity index (χ0v) is 12.8. The average molecular weight is 310 g/mol. The molecule has 0 radical (unpaired) electrons. The van der Waals surface area contributed by atoms with Gasteiger partial charge in [0.25, 0.3) is 0 Å². The summed E-state index contributed by atoms with van der Waals surface area (Å²) in [6.45, 7) is 3.96. The lowest BCUT2D eigenvalue weighted by atomic mass is 10.2. The van der Waals surface area contributed by atoms with Crippen LogP contribution in [-0.2, 0) is 6.54 Å². The van der Waals surface area contributed by atoms with Crippen LogP contribution in [0.25, 0.3) is 0 Å². The van der Waals surface area contributed by atoms with E-state index in [1.165, 1.54) is 0 Å². The Morgan fingerprint density at radius 1 is 1.05 bits per heavy atom. The van der Waals surface area contributed by atoms with Crippen LogP contribution in [0, 0.1) is 0 Å². The van der Waals surface area contributed by atoms with Crippen molar-refractivity contribution in [3.63, 3.8) is 0 Å². The standard InChI is InChI=1S/C16H17Cl2NO/c1-2-9-19-11-12-3-8-16(15(18)10-12)20-14-6-4-13(17)5-7-14/h3-8,10,19H,2,9,11H2,1H3. The monoisotopic (exact) mass is 309 g/mol. The Labute approximate surface area is 129 Å². The van der Waals surface area contributed by atoms with Crippen molar-refractivity contribution in [2.45, 2.75) is 19.9 Å². The van der Waals surface area contributed by atoms with E-state index in [-0.39, 0.29) is 0 Å². The minimum atomic E-state index is 0.607. The number of nitrogens with one attached hydrogen (secondary N) is 1. The molecule has 20 heavy (non-hydrogen) atoms. The molecule has 0 amide bonds. The first-order chi connectivity index (χ1) is 9.69. The molecule has 2 nitrogen and oxygen atoms in total. The van der Waals surface area contributed by atoms with Crippen LogP contribution in [0.2, 0.25) is 10.0 Å². The maximum absolute atomic E-state index is 6.24. The Hall–Kier alpha value is -1.22. The summed E-state index contributed by atoms with van der Waals surface area (Å²) in [7, 11) is 0. The normalized spacial score (nSPS) is 10.6. The van der Waals surface area contributed by atoms with Gasteiger partial charge in [0, 0.05) is 11.6 Å². The minimum absolute atomic E-state index is 0.607. The van der Waals surface area contributed by atoms with E-state index in [0.717, 1.165) is 25.1 Å². The predicted octanol–water partition coefficient (Wildman–Crippen LogP) is 5.29. The Morgan fingerprint density at radius 3 is 2.45 bits per heavy atom. The average Bonchev–Trinajstić information content (AvgIpc) is 2.44. The van der Waals surface area contributed by atoms with Crippen LogP contribution in [0.3, 0.4) is 0 Å². The van der Waals surface area contributed by atoms with E-state index in [4.69, 9.17) is 27.9 Å². The summed E-state index contributed by atoms with van der Waals surface area (Å²) in [5.41, 5.74) is 1.15. The summed E-state index contributed by atoms with van der Waals surface area (Å²) < 4.78 is 5.73. The second-order valence-electron chi connectivity index (χ2n) is 4.50. The number of benzene rings is 2. The van der Waals surface area contributed by atoms with Crippen LogP contribution in [0.5, 0.6) is 11.5 Å². The molecule has 0 spiro atoms. The Kier molecular flexibility index (Phi) is 5.72. The van der Waals surface area contributed by atoms with Gasteiger partial charge in [-0.3, -0.25) is 0 Å². The van der Waals surface area contributed by atoms with Gasteiger partial charge >= 0.3 is 0 Å². The van der Waals surface area contributed by atoms with Gasteiger partial charge in [-0.25, -0.2) is 0 Å². The first-order valence-electron chi connectivity index (χ1n) is 6.61. The number of halogens is 2. The van der Waals surface area contributed by atoms with Crippen molar-refractivity contribution < 1.29 is 4.74 Å². The highest BCUT2D eigenvalue weighted by Crippen LogP contribution is 2.30. The second-order valence-corrected chi connectivity index (χ2v) is 5.34. The van der Waals surface area contributed by atoms with Gasteiger partial charge in [-0.15, -0.1) is 0 Å². The second kappa shape index (κ2) is 7.53. The van der Waals surface area contributed by atoms with Crippen LogP contribution >= 0.6 is 23.2 Å². The maximum atomic E-state index is 6.24. The summed E-state index contributed by atoms with van der Waals surface area (Å²) in [4.78, 5) is 0. The number of hydrogen-bond donors (Lipinski definition) is 1. The van der Waals surface area contributed by atoms with E-state index in [1.54, 1.807) is 12.1 Å². The van der Waals surface area contributed by atoms with Gasteiger partial charge in [-0.05, 0) is 54.9 Å². The molecule has 0 saturated carbocycles. The molecule has 0 heterocycles. The van der Waals surface area contributed by atoms with Gasteiger partial charge in [-0.1, -0.05) is 36.2 Å². The number of ether oxygens (including phenoxy) is 1. The molecule has 106 valence electrons. The molecular weight excluding hydrogens is 293 g/mol. The largest absolute Gasteiger partial charge is 0.456 e. The first kappa shape index (κ1) is 15.2. The molecule has 4 heteroatoms. The molecule has 0 aliphatic rings. The van der Waals surface area contributed by atoms with Gasteiger partial charge in [-0.2, -0.15) is 0 Å². The van der Waals surface area contributed by atoms with Crippen molar-refractivity contribution in [3.8, 4) is 11.5 Å². The Bertz CT molecular complexity index is 555. The van der Waals surface area contributed by atoms with Crippen molar-refractivity contribution in [1.29, 1.82) is 0 Å². The van der Waals surface area contributed by atoms with Crippen molar-refractivity contribution in [1.82, 2.24) is 5.32 Å². The summed E-state index contributed by atoms with van der Waals surface area (Å²) in [6, 6.07) is 13.0. The SMILES string of the molecule is CCCNCc1ccc(Oc2ccc(Cl)cc2)c(Cl)c1. The molecule has 2 aromatic carbocycles. The quantitative estimate of drug-likeness (QED) is 0.732. The molecule has 0 saturated heterocycles. The lowest BCUT2D eigenvalue weighted by Gasteiger charge is -2.10. The maximum Gasteiger partial charge on any atom is 0.146 e. The molecule has 0 aliphatic carbocycles. The van der Waals surface area contributed by atoms with Gasteiger partial charge in [0.05, 0.1) is 5.02 Å². The van der Waals surface area contributed by atoms with Crippen LogP contribution in [0.4, 0.5) is 0 Å². The zero-order chi connectivity index (χ0) is 14.4. The van der Waals surface area contributed by atoms with Gasteiger partial charge in [0.15, 0.2) is 0 Å². The van der Waals surface area contributed by atoms with Crippen molar-refractivity contribution in [2.75, 3.05) is 6.54 Å². The van der Waals surface area contributed by atoms with Crippen LogP contribution in [0.1, 0.15) is 18.9 Å². The highest BCUT2D eigenvalue weighted by atomic mass is 35.5. The van der Waals surface area contributed by atoms with Crippen LogP contribution in [0.15, 0.2) is 42.5 Å². The minimum Gasteiger partial charge on any atom is -0.456 e. The van der Waals surface area contributed by atoms with Crippen LogP contribution < -0.4 is 10.1 Å².